The van der Waals surface area contributed by atoms with Crippen LogP contribution in [0.1, 0.15) is 5.56 Å². The molecule has 2 fully saturated rings. The third-order valence-corrected chi connectivity index (χ3v) is 4.97. The van der Waals surface area contributed by atoms with Crippen molar-refractivity contribution in [1.29, 1.82) is 0 Å². The summed E-state index contributed by atoms with van der Waals surface area (Å²) in [6, 6.07) is 15.2. The van der Waals surface area contributed by atoms with E-state index in [2.05, 4.69) is 10.3 Å². The first-order chi connectivity index (χ1) is 13.6. The Hall–Kier alpha value is -3.26. The lowest BCUT2D eigenvalue weighted by atomic mass is 10.2. The first-order valence-corrected chi connectivity index (χ1v) is 9.03. The number of benzene rings is 2. The van der Waals surface area contributed by atoms with Gasteiger partial charge in [0.25, 0.3) is 0 Å². The van der Waals surface area contributed by atoms with E-state index in [0.29, 0.717) is 24.6 Å². The summed E-state index contributed by atoms with van der Waals surface area (Å²) in [5, 5.41) is 1.36. The number of amides is 2. The fourth-order valence-electron chi connectivity index (χ4n) is 3.56. The van der Waals surface area contributed by atoms with Gasteiger partial charge in [0.15, 0.2) is 6.29 Å². The second-order valence-electron chi connectivity index (χ2n) is 6.64. The third kappa shape index (κ3) is 3.22. The number of carbonyl (C=O) groups is 2. The molecule has 2 aliphatic rings. The molecule has 2 aromatic carbocycles. The molecule has 1 N–H and O–H groups in total. The normalized spacial score (nSPS) is 19.1. The molecule has 0 radical (unpaired) electrons. The van der Waals surface area contributed by atoms with Gasteiger partial charge < -0.3 is 14.4 Å². The second-order valence-corrected chi connectivity index (χ2v) is 6.64. The van der Waals surface area contributed by atoms with Crippen molar-refractivity contribution >= 4 is 17.5 Å². The van der Waals surface area contributed by atoms with Gasteiger partial charge in [0, 0.05) is 24.8 Å². The summed E-state index contributed by atoms with van der Waals surface area (Å²) in [6.45, 7) is 1.37. The van der Waals surface area contributed by atoms with E-state index >= 15 is 0 Å². The molecule has 2 aromatic rings. The van der Waals surface area contributed by atoms with Gasteiger partial charge in [0.05, 0.1) is 20.8 Å². The molecule has 1 atom stereocenters. The Morgan fingerprint density at radius 1 is 0.929 bits per heavy atom. The minimum absolute atomic E-state index is 0.213. The maximum atomic E-state index is 12.6. The number of nitrogens with zero attached hydrogens (tertiary/aromatic N) is 3. The van der Waals surface area contributed by atoms with Gasteiger partial charge in [-0.2, -0.15) is 5.43 Å². The maximum Gasteiger partial charge on any atom is 0.326 e. The topological polar surface area (TPSA) is 74.4 Å². The number of hydrogen-bond acceptors (Lipinski definition) is 6. The van der Waals surface area contributed by atoms with Crippen molar-refractivity contribution in [2.24, 2.45) is 0 Å². The lowest BCUT2D eigenvalue weighted by molar-refractivity contribution is -0.163. The molecule has 1 unspecified atom stereocenters. The zero-order chi connectivity index (χ0) is 19.7. The van der Waals surface area contributed by atoms with Crippen molar-refractivity contribution in [3.05, 3.63) is 54.1 Å². The molecular formula is C20H22N4O4. The molecule has 8 nitrogen and oxygen atoms in total. The molecule has 0 saturated carbocycles. The molecule has 0 aromatic heterocycles. The first-order valence-electron chi connectivity index (χ1n) is 9.03. The number of nitrogens with one attached hydrogen (secondary N) is 1. The standard InChI is InChI=1S/C20H22N4O4/c1-27-16-10-14(11-17(12-16)28-2)13-24-19(26)18(25)23-9-8-22(20(23)21-24)15-6-4-3-5-7-15/h3-7,10-12,20-21H,8-9,13H2,1-2H3. The van der Waals surface area contributed by atoms with Crippen LogP contribution in [0.5, 0.6) is 11.5 Å². The van der Waals surface area contributed by atoms with Crippen LogP contribution in [0, 0.1) is 0 Å². The Labute approximate surface area is 163 Å². The van der Waals surface area contributed by atoms with Gasteiger partial charge in [-0.25, -0.2) is 0 Å². The number of fused-ring (bicyclic) bond motifs is 1. The van der Waals surface area contributed by atoms with Crippen molar-refractivity contribution in [3.63, 3.8) is 0 Å². The van der Waals surface area contributed by atoms with E-state index in [0.717, 1.165) is 11.3 Å². The number of anilines is 1. The van der Waals surface area contributed by atoms with E-state index < -0.39 is 18.1 Å². The quantitative estimate of drug-likeness (QED) is 0.783. The SMILES string of the molecule is COc1cc(CN2NC3N(CCN3c3ccccc3)C(=O)C2=O)cc(OC)c1. The zero-order valence-electron chi connectivity index (χ0n) is 15.8. The number of rotatable bonds is 5. The summed E-state index contributed by atoms with van der Waals surface area (Å²) in [5.74, 6) is 0.169. The van der Waals surface area contributed by atoms with Crippen molar-refractivity contribution < 1.29 is 19.1 Å². The Balaban J connectivity index is 1.58. The molecule has 2 amide bonds. The van der Waals surface area contributed by atoms with Gasteiger partial charge in [-0.1, -0.05) is 18.2 Å². The Kier molecular flexibility index (Phi) is 4.79. The van der Waals surface area contributed by atoms with Crippen LogP contribution in [0.15, 0.2) is 48.5 Å². The van der Waals surface area contributed by atoms with Crippen LogP contribution >= 0.6 is 0 Å². The summed E-state index contributed by atoms with van der Waals surface area (Å²) >= 11 is 0. The van der Waals surface area contributed by atoms with Crippen LogP contribution in [0.3, 0.4) is 0 Å². The van der Waals surface area contributed by atoms with Crippen LogP contribution in [0.2, 0.25) is 0 Å². The molecule has 2 heterocycles. The minimum Gasteiger partial charge on any atom is -0.497 e. The van der Waals surface area contributed by atoms with Crippen LogP contribution in [-0.2, 0) is 16.1 Å². The molecule has 146 valence electrons. The van der Waals surface area contributed by atoms with E-state index in [4.69, 9.17) is 9.47 Å². The van der Waals surface area contributed by atoms with E-state index in [1.165, 1.54) is 5.01 Å². The highest BCUT2D eigenvalue weighted by molar-refractivity contribution is 6.35. The van der Waals surface area contributed by atoms with Crippen molar-refractivity contribution in [2.45, 2.75) is 12.8 Å². The summed E-state index contributed by atoms with van der Waals surface area (Å²) in [4.78, 5) is 28.9. The van der Waals surface area contributed by atoms with Crippen molar-refractivity contribution in [3.8, 4) is 11.5 Å². The van der Waals surface area contributed by atoms with Crippen LogP contribution in [-0.4, -0.2) is 55.3 Å². The van der Waals surface area contributed by atoms with E-state index in [1.54, 1.807) is 25.2 Å². The molecular weight excluding hydrogens is 360 g/mol. The highest BCUT2D eigenvalue weighted by Crippen LogP contribution is 2.27. The van der Waals surface area contributed by atoms with Gasteiger partial charge in [-0.05, 0) is 29.8 Å². The van der Waals surface area contributed by atoms with Gasteiger partial charge >= 0.3 is 11.8 Å². The van der Waals surface area contributed by atoms with Crippen LogP contribution < -0.4 is 19.8 Å². The summed E-state index contributed by atoms with van der Waals surface area (Å²) < 4.78 is 10.6. The smallest absolute Gasteiger partial charge is 0.326 e. The molecule has 8 heteroatoms. The van der Waals surface area contributed by atoms with Crippen LogP contribution in [0.4, 0.5) is 5.69 Å². The zero-order valence-corrected chi connectivity index (χ0v) is 15.8. The predicted octanol–water partition coefficient (Wildman–Crippen LogP) is 1.18. The average molecular weight is 382 g/mol. The molecule has 28 heavy (non-hydrogen) atoms. The van der Waals surface area contributed by atoms with E-state index in [9.17, 15) is 9.59 Å². The molecule has 2 saturated heterocycles. The van der Waals surface area contributed by atoms with Crippen molar-refractivity contribution in [1.82, 2.24) is 15.3 Å². The fraction of sp³-hybridized carbons (Fsp3) is 0.300. The largest absolute Gasteiger partial charge is 0.497 e. The van der Waals surface area contributed by atoms with Crippen LogP contribution in [0.25, 0.3) is 0 Å². The summed E-state index contributed by atoms with van der Waals surface area (Å²) in [5.41, 5.74) is 4.99. The minimum atomic E-state index is -0.576. The lowest BCUT2D eigenvalue weighted by Crippen LogP contribution is -2.67. The molecule has 0 bridgehead atoms. The Morgan fingerprint density at radius 3 is 2.21 bits per heavy atom. The molecule has 4 rings (SSSR count). The lowest BCUT2D eigenvalue weighted by Gasteiger charge is -2.40. The number of hydrogen-bond donors (Lipinski definition) is 1. The maximum absolute atomic E-state index is 12.6. The second kappa shape index (κ2) is 7.40. The molecule has 0 spiro atoms. The molecule has 0 aliphatic carbocycles. The van der Waals surface area contributed by atoms with Crippen molar-refractivity contribution in [2.75, 3.05) is 32.2 Å². The summed E-state index contributed by atoms with van der Waals surface area (Å²) in [7, 11) is 3.14. The van der Waals surface area contributed by atoms with E-state index in [1.807, 2.05) is 42.5 Å². The number of ether oxygens (including phenoxy) is 2. The summed E-state index contributed by atoms with van der Waals surface area (Å²) in [6.07, 6.45) is -0.403. The van der Waals surface area contributed by atoms with E-state index in [-0.39, 0.29) is 6.54 Å². The predicted molar refractivity (Wildman–Crippen MR) is 103 cm³/mol. The highest BCUT2D eigenvalue weighted by Gasteiger charge is 2.45. The average Bonchev–Trinajstić information content (AvgIpc) is 3.16. The Morgan fingerprint density at radius 2 is 1.57 bits per heavy atom. The number of para-hydroxylation sites is 1. The Bertz CT molecular complexity index is 867. The van der Waals surface area contributed by atoms with Gasteiger partial charge in [0.2, 0.25) is 0 Å². The number of carbonyl (C=O) groups excluding carboxylic acids is 2. The number of methoxy groups -OCH3 is 2. The monoisotopic (exact) mass is 382 g/mol. The molecule has 2 aliphatic heterocycles. The highest BCUT2D eigenvalue weighted by atomic mass is 16.5. The fourth-order valence-corrected chi connectivity index (χ4v) is 3.56. The third-order valence-electron chi connectivity index (χ3n) is 4.97. The van der Waals surface area contributed by atoms with Gasteiger partial charge in [-0.3, -0.25) is 19.5 Å². The first kappa shape index (κ1) is 18.1. The van der Waals surface area contributed by atoms with Gasteiger partial charge in [-0.15, -0.1) is 0 Å². The van der Waals surface area contributed by atoms with Gasteiger partial charge in [0.1, 0.15) is 11.5 Å². The number of hydrazine groups is 1.